The van der Waals surface area contributed by atoms with Crippen LogP contribution in [0.5, 0.6) is 0 Å². The number of halogens is 1. The smallest absolute Gasteiger partial charge is 0.351 e. The molecule has 2 rings (SSSR count). The van der Waals surface area contributed by atoms with Gasteiger partial charge in [0.05, 0.1) is 5.39 Å². The summed E-state index contributed by atoms with van der Waals surface area (Å²) in [6.45, 7) is 1.75. The lowest BCUT2D eigenvalue weighted by atomic mass is 10.3. The van der Waals surface area contributed by atoms with E-state index in [4.69, 9.17) is 16.6 Å². The Morgan fingerprint density at radius 2 is 2.36 bits per heavy atom. The van der Waals surface area contributed by atoms with E-state index in [1.807, 2.05) is 0 Å². The summed E-state index contributed by atoms with van der Waals surface area (Å²) in [5.41, 5.74) is -0.0792. The summed E-state index contributed by atoms with van der Waals surface area (Å²) >= 11 is 8.10. The van der Waals surface area contributed by atoms with E-state index in [0.717, 1.165) is 0 Å². The number of nitrogens with one attached hydrogen (secondary N) is 1. The quantitative estimate of drug-likeness (QED) is 0.748. The monoisotopic (exact) mass is 272 g/mol. The second-order valence-corrected chi connectivity index (χ2v) is 3.99. The molecule has 0 bridgehead atoms. The Balaban J connectivity index is 3.04. The number of fused-ring (bicyclic) bond motifs is 1. The minimum Gasteiger partial charge on any atom is -0.405 e. The normalized spacial score (nSPS) is 10.7. The molecular weight excluding hydrogens is 268 g/mol. The Morgan fingerprint density at radius 1 is 1.64 bits per heavy atom. The zero-order valence-corrected chi connectivity index (χ0v) is 9.53. The molecule has 0 aliphatic carbocycles. The predicted octanol–water partition coefficient (Wildman–Crippen LogP) is 2.32. The summed E-state index contributed by atoms with van der Waals surface area (Å²) in [7, 11) is 0. The van der Waals surface area contributed by atoms with Crippen molar-refractivity contribution in [1.29, 1.82) is 0 Å². The van der Waals surface area contributed by atoms with Gasteiger partial charge in [-0.25, -0.2) is 9.78 Å². The Morgan fingerprint density at radius 3 is 3.07 bits per heavy atom. The number of hydrogen-bond acceptors (Lipinski definition) is 4. The van der Waals surface area contributed by atoms with Crippen molar-refractivity contribution in [2.24, 2.45) is 0 Å². The van der Waals surface area contributed by atoms with E-state index in [1.54, 1.807) is 13.0 Å². The van der Waals surface area contributed by atoms with Crippen molar-refractivity contribution in [2.75, 3.05) is 0 Å². The average Bonchev–Trinajstić information content (AvgIpc) is 2.08. The summed E-state index contributed by atoms with van der Waals surface area (Å²) < 4.78 is 5.75. The Labute approximate surface area is 92.1 Å². The summed E-state index contributed by atoms with van der Waals surface area (Å²) in [4.78, 5) is 18.0. The van der Waals surface area contributed by atoms with Gasteiger partial charge in [0.15, 0.2) is 0 Å². The Bertz CT molecular complexity index is 617. The van der Waals surface area contributed by atoms with Crippen molar-refractivity contribution < 1.29 is 4.42 Å². The molecule has 2 aromatic heterocycles. The molecule has 0 unspecified atom stereocenters. The minimum atomic E-state index is -0.436. The van der Waals surface area contributed by atoms with Gasteiger partial charge in [-0.2, -0.15) is 0 Å². The molecule has 0 saturated carbocycles. The van der Waals surface area contributed by atoms with Crippen LogP contribution in [0.2, 0.25) is 0 Å². The number of hydrogen-bond donors (Lipinski definition) is 1. The first kappa shape index (κ1) is 9.54. The fourth-order valence-electron chi connectivity index (χ4n) is 1.10. The van der Waals surface area contributed by atoms with Crippen LogP contribution < -0.4 is 5.63 Å². The molecule has 72 valence electrons. The topological polar surface area (TPSA) is 58.9 Å². The highest BCUT2D eigenvalue weighted by molar-refractivity contribution is 9.10. The maximum Gasteiger partial charge on any atom is 0.351 e. The molecule has 2 aromatic rings. The van der Waals surface area contributed by atoms with Gasteiger partial charge in [0.2, 0.25) is 5.71 Å². The van der Waals surface area contributed by atoms with Crippen molar-refractivity contribution in [3.63, 3.8) is 0 Å². The molecule has 0 aliphatic heterocycles. The third-order valence-corrected chi connectivity index (χ3v) is 2.56. The second kappa shape index (κ2) is 3.29. The first-order valence-corrected chi connectivity index (χ1v) is 4.98. The highest BCUT2D eigenvalue weighted by atomic mass is 79.9. The van der Waals surface area contributed by atoms with Crippen LogP contribution in [0.15, 0.2) is 19.8 Å². The average molecular weight is 273 g/mol. The number of rotatable bonds is 0. The van der Waals surface area contributed by atoms with Gasteiger partial charge in [-0.1, -0.05) is 12.2 Å². The van der Waals surface area contributed by atoms with Crippen LogP contribution in [0.4, 0.5) is 0 Å². The largest absolute Gasteiger partial charge is 0.405 e. The van der Waals surface area contributed by atoms with Crippen molar-refractivity contribution in [3.8, 4) is 0 Å². The van der Waals surface area contributed by atoms with E-state index in [2.05, 4.69) is 25.9 Å². The van der Waals surface area contributed by atoms with Crippen molar-refractivity contribution in [2.45, 2.75) is 6.92 Å². The third-order valence-electron chi connectivity index (χ3n) is 1.70. The lowest BCUT2D eigenvalue weighted by Crippen LogP contribution is -2.01. The van der Waals surface area contributed by atoms with Gasteiger partial charge in [-0.3, -0.25) is 0 Å². The number of aromatic amines is 1. The molecule has 0 fully saturated rings. The molecule has 0 spiro atoms. The first-order chi connectivity index (χ1) is 6.58. The first-order valence-electron chi connectivity index (χ1n) is 3.78. The van der Waals surface area contributed by atoms with E-state index in [0.29, 0.717) is 26.0 Å². The van der Waals surface area contributed by atoms with Crippen LogP contribution in [0.1, 0.15) is 5.82 Å². The van der Waals surface area contributed by atoms with Gasteiger partial charge in [-0.05, 0) is 28.9 Å². The number of nitrogens with zero attached hydrogens (tertiary/aromatic N) is 1. The fraction of sp³-hybridized carbons (Fsp3) is 0.125. The summed E-state index contributed by atoms with van der Waals surface area (Å²) in [6.07, 6.45) is 0. The van der Waals surface area contributed by atoms with E-state index in [-0.39, 0.29) is 0 Å². The molecule has 0 aliphatic rings. The highest BCUT2D eigenvalue weighted by Crippen LogP contribution is 2.14. The highest BCUT2D eigenvalue weighted by Gasteiger charge is 2.05. The molecular formula is C8H5BrN2O2S. The van der Waals surface area contributed by atoms with Crippen LogP contribution >= 0.6 is 28.1 Å². The summed E-state index contributed by atoms with van der Waals surface area (Å²) in [5.74, 6) is 0.618. The van der Waals surface area contributed by atoms with Gasteiger partial charge in [-0.15, -0.1) is 0 Å². The summed E-state index contributed by atoms with van der Waals surface area (Å²) in [5, 5.41) is 0.622. The van der Waals surface area contributed by atoms with Crippen LogP contribution in [-0.4, -0.2) is 9.97 Å². The summed E-state index contributed by atoms with van der Waals surface area (Å²) in [6, 6.07) is 1.60. The zero-order chi connectivity index (χ0) is 10.3. The molecule has 0 atom stereocenters. The lowest BCUT2D eigenvalue weighted by Gasteiger charge is -1.98. The fourth-order valence-corrected chi connectivity index (χ4v) is 1.70. The standard InChI is InChI=1S/C8H5BrN2O2S/c1-3-10-6-4(7(14)11-3)2-5(9)8(12)13-6/h2H,1H3,(H,10,11,14). The van der Waals surface area contributed by atoms with Gasteiger partial charge in [0, 0.05) is 0 Å². The molecule has 6 heteroatoms. The molecule has 0 radical (unpaired) electrons. The minimum absolute atomic E-state index is 0.343. The van der Waals surface area contributed by atoms with Crippen LogP contribution in [0, 0.1) is 11.6 Å². The lowest BCUT2D eigenvalue weighted by molar-refractivity contribution is 0.543. The van der Waals surface area contributed by atoms with Gasteiger partial charge in [0.25, 0.3) is 0 Å². The van der Waals surface area contributed by atoms with Crippen molar-refractivity contribution >= 4 is 39.2 Å². The maximum absolute atomic E-state index is 11.2. The maximum atomic E-state index is 11.2. The van der Waals surface area contributed by atoms with E-state index in [9.17, 15) is 4.79 Å². The molecule has 1 N–H and O–H groups in total. The molecule has 2 heterocycles. The SMILES string of the molecule is Cc1nc(=S)c2cc(Br)c(=O)oc2[nH]1. The van der Waals surface area contributed by atoms with E-state index in [1.165, 1.54) is 0 Å². The number of aryl methyl sites for hydroxylation is 1. The second-order valence-electron chi connectivity index (χ2n) is 2.75. The van der Waals surface area contributed by atoms with Crippen LogP contribution in [0.25, 0.3) is 11.1 Å². The van der Waals surface area contributed by atoms with E-state index < -0.39 is 5.63 Å². The van der Waals surface area contributed by atoms with Crippen molar-refractivity contribution in [3.05, 3.63) is 31.4 Å². The Hall–Kier alpha value is -1.01. The van der Waals surface area contributed by atoms with Crippen molar-refractivity contribution in [1.82, 2.24) is 9.97 Å². The van der Waals surface area contributed by atoms with Gasteiger partial charge >= 0.3 is 5.63 Å². The van der Waals surface area contributed by atoms with Crippen LogP contribution in [0.3, 0.4) is 0 Å². The zero-order valence-electron chi connectivity index (χ0n) is 7.13. The molecule has 0 aromatic carbocycles. The number of aromatic nitrogens is 2. The molecule has 4 nitrogen and oxygen atoms in total. The number of H-pyrrole nitrogens is 1. The molecule has 0 saturated heterocycles. The van der Waals surface area contributed by atoms with Gasteiger partial charge < -0.3 is 9.40 Å². The van der Waals surface area contributed by atoms with Gasteiger partial charge in [0.1, 0.15) is 14.9 Å². The Kier molecular flexibility index (Phi) is 2.24. The van der Waals surface area contributed by atoms with E-state index >= 15 is 0 Å². The third kappa shape index (κ3) is 1.51. The molecule has 14 heavy (non-hydrogen) atoms. The van der Waals surface area contributed by atoms with Crippen LogP contribution in [-0.2, 0) is 0 Å². The molecule has 0 amide bonds. The predicted molar refractivity (Wildman–Crippen MR) is 57.9 cm³/mol.